The lowest BCUT2D eigenvalue weighted by atomic mass is 10.1. The predicted molar refractivity (Wildman–Crippen MR) is 82.8 cm³/mol. The van der Waals surface area contributed by atoms with E-state index in [4.69, 9.17) is 9.47 Å². The topological polar surface area (TPSA) is 42.0 Å². The summed E-state index contributed by atoms with van der Waals surface area (Å²) >= 11 is 0. The molecule has 1 aliphatic rings. The van der Waals surface area contributed by atoms with Gasteiger partial charge in [0.15, 0.2) is 0 Å². The Morgan fingerprint density at radius 2 is 2.00 bits per heavy atom. The molecule has 0 spiro atoms. The van der Waals surface area contributed by atoms with E-state index in [2.05, 4.69) is 4.90 Å². The Labute approximate surface area is 126 Å². The number of hydrogen-bond donors (Lipinski definition) is 0. The van der Waals surface area contributed by atoms with E-state index >= 15 is 0 Å². The van der Waals surface area contributed by atoms with Crippen LogP contribution >= 0.6 is 0 Å². The van der Waals surface area contributed by atoms with Crippen molar-refractivity contribution in [3.63, 3.8) is 0 Å². The van der Waals surface area contributed by atoms with Crippen molar-refractivity contribution in [3.05, 3.63) is 24.3 Å². The van der Waals surface area contributed by atoms with Gasteiger partial charge in [-0.3, -0.25) is 4.79 Å². The van der Waals surface area contributed by atoms with Crippen molar-refractivity contribution in [2.75, 3.05) is 52.4 Å². The number of benzene rings is 1. The average Bonchev–Trinajstić information content (AvgIpc) is 3.00. The second-order valence-electron chi connectivity index (χ2n) is 5.60. The third-order valence-corrected chi connectivity index (χ3v) is 3.64. The molecule has 1 aliphatic heterocycles. The van der Waals surface area contributed by atoms with E-state index in [1.165, 1.54) is 0 Å². The molecule has 116 valence electrons. The summed E-state index contributed by atoms with van der Waals surface area (Å²) in [5, 5.41) is 0. The van der Waals surface area contributed by atoms with Crippen molar-refractivity contribution in [2.45, 2.75) is 6.42 Å². The van der Waals surface area contributed by atoms with Crippen LogP contribution in [0.3, 0.4) is 0 Å². The SMILES string of the molecule is CN(C)CCOc1ccc(N(C)C(=O)[C@@H]2CCOC2)cc1. The molecule has 0 bridgehead atoms. The summed E-state index contributed by atoms with van der Waals surface area (Å²) in [5.74, 6) is 0.936. The Morgan fingerprint density at radius 3 is 2.57 bits per heavy atom. The quantitative estimate of drug-likeness (QED) is 0.799. The highest BCUT2D eigenvalue weighted by molar-refractivity contribution is 5.94. The Bertz CT molecular complexity index is 453. The number of rotatable bonds is 6. The lowest BCUT2D eigenvalue weighted by molar-refractivity contribution is -0.122. The van der Waals surface area contributed by atoms with Gasteiger partial charge in [0, 0.05) is 25.9 Å². The number of ether oxygens (including phenoxy) is 2. The molecule has 1 amide bonds. The minimum Gasteiger partial charge on any atom is -0.492 e. The summed E-state index contributed by atoms with van der Waals surface area (Å²) < 4.78 is 10.9. The molecule has 1 atom stereocenters. The fourth-order valence-electron chi connectivity index (χ4n) is 2.24. The molecule has 0 aromatic heterocycles. The van der Waals surface area contributed by atoms with Crippen molar-refractivity contribution in [1.29, 1.82) is 0 Å². The van der Waals surface area contributed by atoms with Crippen LogP contribution in [0.5, 0.6) is 5.75 Å². The monoisotopic (exact) mass is 292 g/mol. The van der Waals surface area contributed by atoms with Gasteiger partial charge in [-0.2, -0.15) is 0 Å². The van der Waals surface area contributed by atoms with Gasteiger partial charge < -0.3 is 19.3 Å². The molecule has 0 aliphatic carbocycles. The van der Waals surface area contributed by atoms with E-state index in [-0.39, 0.29) is 11.8 Å². The second kappa shape index (κ2) is 7.43. The van der Waals surface area contributed by atoms with Crippen molar-refractivity contribution in [2.24, 2.45) is 5.92 Å². The first-order valence-electron chi connectivity index (χ1n) is 7.31. The average molecular weight is 292 g/mol. The number of hydrogen-bond acceptors (Lipinski definition) is 4. The van der Waals surface area contributed by atoms with Crippen molar-refractivity contribution in [1.82, 2.24) is 4.90 Å². The molecule has 5 nitrogen and oxygen atoms in total. The van der Waals surface area contributed by atoms with E-state index in [9.17, 15) is 4.79 Å². The molecule has 0 radical (unpaired) electrons. The molecule has 0 saturated carbocycles. The van der Waals surface area contributed by atoms with Crippen LogP contribution in [0.2, 0.25) is 0 Å². The molecular weight excluding hydrogens is 268 g/mol. The highest BCUT2D eigenvalue weighted by atomic mass is 16.5. The summed E-state index contributed by atoms with van der Waals surface area (Å²) in [5.41, 5.74) is 0.881. The third-order valence-electron chi connectivity index (χ3n) is 3.64. The van der Waals surface area contributed by atoms with E-state index < -0.39 is 0 Å². The first-order chi connectivity index (χ1) is 10.1. The fraction of sp³-hybridized carbons (Fsp3) is 0.562. The maximum Gasteiger partial charge on any atom is 0.232 e. The van der Waals surface area contributed by atoms with Crippen LogP contribution in [-0.2, 0) is 9.53 Å². The fourth-order valence-corrected chi connectivity index (χ4v) is 2.24. The number of amides is 1. The number of likely N-dealkylation sites (N-methyl/N-ethyl adjacent to an activating group) is 1. The lowest BCUT2D eigenvalue weighted by Gasteiger charge is -2.20. The van der Waals surface area contributed by atoms with Crippen molar-refractivity contribution >= 4 is 11.6 Å². The molecule has 1 fully saturated rings. The number of carbonyl (C=O) groups is 1. The molecule has 2 rings (SSSR count). The van der Waals surface area contributed by atoms with Gasteiger partial charge in [-0.25, -0.2) is 0 Å². The second-order valence-corrected chi connectivity index (χ2v) is 5.60. The van der Waals surface area contributed by atoms with Gasteiger partial charge in [-0.1, -0.05) is 0 Å². The van der Waals surface area contributed by atoms with Crippen LogP contribution in [0.15, 0.2) is 24.3 Å². The Hall–Kier alpha value is -1.59. The van der Waals surface area contributed by atoms with Crippen LogP contribution in [0.25, 0.3) is 0 Å². The molecule has 1 saturated heterocycles. The van der Waals surface area contributed by atoms with Gasteiger partial charge >= 0.3 is 0 Å². The first-order valence-corrected chi connectivity index (χ1v) is 7.31. The molecule has 1 aromatic rings. The van der Waals surface area contributed by atoms with Gasteiger partial charge in [-0.15, -0.1) is 0 Å². The molecule has 1 aromatic carbocycles. The molecular formula is C16H24N2O3. The van der Waals surface area contributed by atoms with Gasteiger partial charge in [0.2, 0.25) is 5.91 Å². The Morgan fingerprint density at radius 1 is 1.29 bits per heavy atom. The summed E-state index contributed by atoms with van der Waals surface area (Å²) in [7, 11) is 5.84. The number of nitrogens with zero attached hydrogens (tertiary/aromatic N) is 2. The van der Waals surface area contributed by atoms with Gasteiger partial charge in [0.25, 0.3) is 0 Å². The van der Waals surface area contributed by atoms with Crippen LogP contribution in [0, 0.1) is 5.92 Å². The summed E-state index contributed by atoms with van der Waals surface area (Å²) in [4.78, 5) is 16.1. The van der Waals surface area contributed by atoms with Crippen molar-refractivity contribution < 1.29 is 14.3 Å². The van der Waals surface area contributed by atoms with E-state index in [0.717, 1.165) is 24.4 Å². The third kappa shape index (κ3) is 4.44. The zero-order valence-electron chi connectivity index (χ0n) is 13.0. The minimum atomic E-state index is -0.00832. The Kier molecular flexibility index (Phi) is 5.59. The molecule has 5 heteroatoms. The normalized spacial score (nSPS) is 18.0. The van der Waals surface area contributed by atoms with Gasteiger partial charge in [-0.05, 0) is 44.8 Å². The predicted octanol–water partition coefficient (Wildman–Crippen LogP) is 1.63. The lowest BCUT2D eigenvalue weighted by Crippen LogP contribution is -2.33. The van der Waals surface area contributed by atoms with E-state index in [1.54, 1.807) is 4.90 Å². The van der Waals surface area contributed by atoms with Gasteiger partial charge in [0.05, 0.1) is 12.5 Å². The summed E-state index contributed by atoms with van der Waals surface area (Å²) in [6.45, 7) is 2.75. The zero-order chi connectivity index (χ0) is 15.2. The standard InChI is InChI=1S/C16H24N2O3/c1-17(2)9-11-21-15-6-4-14(5-7-15)18(3)16(19)13-8-10-20-12-13/h4-7,13H,8-12H2,1-3H3/t13-/m1/s1. The smallest absolute Gasteiger partial charge is 0.232 e. The van der Waals surface area contributed by atoms with Crippen LogP contribution < -0.4 is 9.64 Å². The van der Waals surface area contributed by atoms with Gasteiger partial charge in [0.1, 0.15) is 12.4 Å². The number of carbonyl (C=O) groups excluding carboxylic acids is 1. The van der Waals surface area contributed by atoms with E-state index in [1.807, 2.05) is 45.4 Å². The summed E-state index contributed by atoms with van der Waals surface area (Å²) in [6.07, 6.45) is 0.814. The molecule has 0 unspecified atom stereocenters. The largest absolute Gasteiger partial charge is 0.492 e. The van der Waals surface area contributed by atoms with Crippen LogP contribution in [0.1, 0.15) is 6.42 Å². The molecule has 1 heterocycles. The first kappa shape index (κ1) is 15.8. The number of anilines is 1. The summed E-state index contributed by atoms with van der Waals surface area (Å²) in [6, 6.07) is 7.64. The Balaban J connectivity index is 1.90. The maximum atomic E-state index is 12.3. The molecule has 21 heavy (non-hydrogen) atoms. The van der Waals surface area contributed by atoms with Crippen LogP contribution in [-0.4, -0.2) is 58.3 Å². The van der Waals surface area contributed by atoms with Crippen molar-refractivity contribution in [3.8, 4) is 5.75 Å². The van der Waals surface area contributed by atoms with E-state index in [0.29, 0.717) is 19.8 Å². The minimum absolute atomic E-state index is 0.00832. The maximum absolute atomic E-state index is 12.3. The molecule has 0 N–H and O–H groups in total. The highest BCUT2D eigenvalue weighted by Gasteiger charge is 2.26. The zero-order valence-corrected chi connectivity index (χ0v) is 13.0. The van der Waals surface area contributed by atoms with Crippen LogP contribution in [0.4, 0.5) is 5.69 Å². The highest BCUT2D eigenvalue weighted by Crippen LogP contribution is 2.22.